The van der Waals surface area contributed by atoms with Crippen LogP contribution >= 0.6 is 0 Å². The molecule has 0 heterocycles. The number of benzene rings is 2. The minimum Gasteiger partial charge on any atom is -0.454 e. The number of hydrogen-bond donors (Lipinski definition) is 1. The van der Waals surface area contributed by atoms with Gasteiger partial charge >= 0.3 is 5.97 Å². The quantitative estimate of drug-likeness (QED) is 0.672. The Hall–Kier alpha value is -2.29. The minimum atomic E-state index is -0.299. The number of anilines is 1. The molecule has 0 aromatic heterocycles. The number of nitrogens with two attached hydrogens (primary N) is 1. The van der Waals surface area contributed by atoms with Crippen LogP contribution in [0.3, 0.4) is 0 Å². The van der Waals surface area contributed by atoms with Crippen LogP contribution in [0.15, 0.2) is 42.5 Å². The van der Waals surface area contributed by atoms with Gasteiger partial charge in [0.25, 0.3) is 0 Å². The Morgan fingerprint density at radius 2 is 2.05 bits per heavy atom. The molecule has 21 heavy (non-hydrogen) atoms. The van der Waals surface area contributed by atoms with Crippen molar-refractivity contribution in [3.8, 4) is 0 Å². The van der Waals surface area contributed by atoms with Crippen LogP contribution in [0.5, 0.6) is 0 Å². The average Bonchev–Trinajstić information content (AvgIpc) is 2.46. The molecule has 3 rings (SSSR count). The molecule has 1 aliphatic rings. The molecule has 108 valence electrons. The van der Waals surface area contributed by atoms with Gasteiger partial charge in [0, 0.05) is 5.69 Å². The number of carbonyl (C=O) groups excluding carboxylic acids is 1. The van der Waals surface area contributed by atoms with Crippen LogP contribution in [0.4, 0.5) is 5.69 Å². The molecule has 0 radical (unpaired) electrons. The number of nitrogen functional groups attached to an aromatic ring is 1. The topological polar surface area (TPSA) is 52.3 Å². The predicted molar refractivity (Wildman–Crippen MR) is 83.1 cm³/mol. The number of ether oxygens (including phenoxy) is 1. The first-order valence-electron chi connectivity index (χ1n) is 7.29. The van der Waals surface area contributed by atoms with Crippen molar-refractivity contribution in [3.05, 3.63) is 64.7 Å². The average molecular weight is 281 g/mol. The van der Waals surface area contributed by atoms with Crippen LogP contribution in [0, 0.1) is 6.92 Å². The molecule has 0 aliphatic heterocycles. The molecule has 1 atom stereocenters. The lowest BCUT2D eigenvalue weighted by Gasteiger charge is -2.25. The minimum absolute atomic E-state index is 0.149. The van der Waals surface area contributed by atoms with Crippen molar-refractivity contribution in [2.75, 3.05) is 5.73 Å². The van der Waals surface area contributed by atoms with E-state index in [9.17, 15) is 4.79 Å². The number of aryl methyl sites for hydroxylation is 2. The van der Waals surface area contributed by atoms with Gasteiger partial charge in [0.1, 0.15) is 6.10 Å². The van der Waals surface area contributed by atoms with E-state index in [1.165, 1.54) is 5.56 Å². The molecule has 2 aromatic carbocycles. The highest BCUT2D eigenvalue weighted by Gasteiger charge is 2.23. The lowest BCUT2D eigenvalue weighted by molar-refractivity contribution is 0.0256. The van der Waals surface area contributed by atoms with Crippen LogP contribution in [0.2, 0.25) is 0 Å². The van der Waals surface area contributed by atoms with Gasteiger partial charge in [-0.3, -0.25) is 0 Å². The summed E-state index contributed by atoms with van der Waals surface area (Å²) in [6.07, 6.45) is 2.83. The highest BCUT2D eigenvalue weighted by molar-refractivity contribution is 5.90. The zero-order chi connectivity index (χ0) is 14.8. The molecule has 1 unspecified atom stereocenters. The van der Waals surface area contributed by atoms with E-state index in [4.69, 9.17) is 10.5 Å². The second kappa shape index (κ2) is 5.60. The lowest BCUT2D eigenvalue weighted by Crippen LogP contribution is -2.17. The summed E-state index contributed by atoms with van der Waals surface area (Å²) >= 11 is 0. The van der Waals surface area contributed by atoms with Gasteiger partial charge in [0.2, 0.25) is 0 Å². The summed E-state index contributed by atoms with van der Waals surface area (Å²) in [5.41, 5.74) is 10.3. The van der Waals surface area contributed by atoms with E-state index in [0.717, 1.165) is 30.4 Å². The number of fused-ring (bicyclic) bond motifs is 1. The van der Waals surface area contributed by atoms with Crippen LogP contribution in [-0.4, -0.2) is 5.97 Å². The highest BCUT2D eigenvalue weighted by Crippen LogP contribution is 2.33. The van der Waals surface area contributed by atoms with Gasteiger partial charge in [-0.15, -0.1) is 0 Å². The van der Waals surface area contributed by atoms with Gasteiger partial charge in [0.05, 0.1) is 5.56 Å². The zero-order valence-corrected chi connectivity index (χ0v) is 12.1. The Morgan fingerprint density at radius 3 is 2.86 bits per heavy atom. The number of rotatable bonds is 2. The maximum atomic E-state index is 12.3. The van der Waals surface area contributed by atoms with Crippen molar-refractivity contribution in [1.82, 2.24) is 0 Å². The first-order chi connectivity index (χ1) is 10.1. The van der Waals surface area contributed by atoms with E-state index in [1.807, 2.05) is 31.2 Å². The normalized spacial score (nSPS) is 17.1. The Balaban J connectivity index is 1.82. The highest BCUT2D eigenvalue weighted by atomic mass is 16.5. The number of esters is 1. The van der Waals surface area contributed by atoms with E-state index >= 15 is 0 Å². The second-order valence-corrected chi connectivity index (χ2v) is 5.62. The van der Waals surface area contributed by atoms with Crippen LogP contribution in [0.25, 0.3) is 0 Å². The fraction of sp³-hybridized carbons (Fsp3) is 0.278. The summed E-state index contributed by atoms with van der Waals surface area (Å²) in [6, 6.07) is 13.5. The van der Waals surface area contributed by atoms with Crippen LogP contribution < -0.4 is 5.73 Å². The first-order valence-corrected chi connectivity index (χ1v) is 7.29. The van der Waals surface area contributed by atoms with Gasteiger partial charge in [-0.05, 0) is 61.1 Å². The van der Waals surface area contributed by atoms with Crippen molar-refractivity contribution >= 4 is 11.7 Å². The van der Waals surface area contributed by atoms with Crippen LogP contribution in [-0.2, 0) is 11.2 Å². The van der Waals surface area contributed by atoms with Gasteiger partial charge in [-0.25, -0.2) is 4.79 Å². The lowest BCUT2D eigenvalue weighted by atomic mass is 9.89. The maximum absolute atomic E-state index is 12.3. The molecular formula is C18H19NO2. The smallest absolute Gasteiger partial charge is 0.338 e. The molecule has 1 aliphatic carbocycles. The molecule has 0 spiro atoms. The molecular weight excluding hydrogens is 262 g/mol. The number of hydrogen-bond acceptors (Lipinski definition) is 3. The van der Waals surface area contributed by atoms with E-state index in [2.05, 4.69) is 12.1 Å². The summed E-state index contributed by atoms with van der Waals surface area (Å²) < 4.78 is 5.72. The number of carbonyl (C=O) groups is 1. The molecule has 3 heteroatoms. The van der Waals surface area contributed by atoms with Crippen molar-refractivity contribution in [3.63, 3.8) is 0 Å². The van der Waals surface area contributed by atoms with E-state index in [1.54, 1.807) is 6.07 Å². The molecule has 0 amide bonds. The van der Waals surface area contributed by atoms with Crippen molar-refractivity contribution < 1.29 is 9.53 Å². The summed E-state index contributed by atoms with van der Waals surface area (Å²) in [7, 11) is 0. The van der Waals surface area contributed by atoms with E-state index < -0.39 is 0 Å². The summed E-state index contributed by atoms with van der Waals surface area (Å²) in [4.78, 5) is 12.3. The van der Waals surface area contributed by atoms with Gasteiger partial charge < -0.3 is 10.5 Å². The Bertz CT molecular complexity index is 658. The Morgan fingerprint density at radius 1 is 1.24 bits per heavy atom. The summed E-state index contributed by atoms with van der Waals surface area (Å²) in [5, 5.41) is 0. The SMILES string of the molecule is Cc1cc(N)cc(C(=O)OC2CCCc3ccccc32)c1. The van der Waals surface area contributed by atoms with Gasteiger partial charge in [0.15, 0.2) is 0 Å². The Kier molecular flexibility index (Phi) is 3.65. The molecule has 3 nitrogen and oxygen atoms in total. The molecule has 0 saturated heterocycles. The second-order valence-electron chi connectivity index (χ2n) is 5.62. The van der Waals surface area contributed by atoms with E-state index in [0.29, 0.717) is 11.3 Å². The fourth-order valence-electron chi connectivity index (χ4n) is 2.96. The van der Waals surface area contributed by atoms with E-state index in [-0.39, 0.29) is 12.1 Å². The Labute approximate surface area is 124 Å². The molecule has 2 aromatic rings. The summed E-state index contributed by atoms with van der Waals surface area (Å²) in [6.45, 7) is 1.92. The van der Waals surface area contributed by atoms with Crippen molar-refractivity contribution in [2.45, 2.75) is 32.3 Å². The van der Waals surface area contributed by atoms with Gasteiger partial charge in [-0.2, -0.15) is 0 Å². The maximum Gasteiger partial charge on any atom is 0.338 e. The molecule has 0 bridgehead atoms. The molecule has 0 fully saturated rings. The standard InChI is InChI=1S/C18H19NO2/c1-12-9-14(11-15(19)10-12)18(20)21-17-8-4-6-13-5-2-3-7-16(13)17/h2-3,5,7,9-11,17H,4,6,8,19H2,1H3. The summed E-state index contributed by atoms with van der Waals surface area (Å²) in [5.74, 6) is -0.299. The predicted octanol–water partition coefficient (Wildman–Crippen LogP) is 3.81. The first kappa shape index (κ1) is 13.7. The third kappa shape index (κ3) is 2.92. The third-order valence-electron chi connectivity index (χ3n) is 3.90. The molecule has 2 N–H and O–H groups in total. The fourth-order valence-corrected chi connectivity index (χ4v) is 2.96. The van der Waals surface area contributed by atoms with Crippen molar-refractivity contribution in [1.29, 1.82) is 0 Å². The molecule has 0 saturated carbocycles. The zero-order valence-electron chi connectivity index (χ0n) is 12.1. The van der Waals surface area contributed by atoms with Crippen LogP contribution in [0.1, 0.15) is 46.0 Å². The van der Waals surface area contributed by atoms with Gasteiger partial charge in [-0.1, -0.05) is 24.3 Å². The van der Waals surface area contributed by atoms with Crippen molar-refractivity contribution in [2.24, 2.45) is 0 Å². The monoisotopic (exact) mass is 281 g/mol. The largest absolute Gasteiger partial charge is 0.454 e. The third-order valence-corrected chi connectivity index (χ3v) is 3.90.